The number of anilines is 1. The summed E-state index contributed by atoms with van der Waals surface area (Å²) in [5.41, 5.74) is 2.41. The van der Waals surface area contributed by atoms with E-state index in [2.05, 4.69) is 68.2 Å². The Bertz CT molecular complexity index is 305. The van der Waals surface area contributed by atoms with E-state index in [1.807, 2.05) is 0 Å². The summed E-state index contributed by atoms with van der Waals surface area (Å²) in [4.78, 5) is 0. The van der Waals surface area contributed by atoms with Crippen molar-refractivity contribution in [3.8, 4) is 0 Å². The summed E-state index contributed by atoms with van der Waals surface area (Å²) in [6, 6.07) is 8.80. The molecule has 0 heterocycles. The highest BCUT2D eigenvalue weighted by Gasteiger charge is 2.01. The lowest BCUT2D eigenvalue weighted by molar-refractivity contribution is 0.293. The van der Waals surface area contributed by atoms with Gasteiger partial charge in [-0.15, -0.1) is 0 Å². The molecule has 4 N–H and O–H groups in total. The molecule has 0 aliphatic rings. The summed E-state index contributed by atoms with van der Waals surface area (Å²) < 4.78 is 3.18. The molecule has 17 heavy (non-hydrogen) atoms. The van der Waals surface area contributed by atoms with E-state index in [0.29, 0.717) is 12.6 Å². The third-order valence-corrected chi connectivity index (χ3v) is 3.43. The van der Waals surface area contributed by atoms with Crippen LogP contribution in [0.4, 0.5) is 5.69 Å². The van der Waals surface area contributed by atoms with E-state index in [4.69, 9.17) is 5.11 Å². The molecule has 0 amide bonds. The van der Waals surface area contributed by atoms with E-state index in [9.17, 15) is 0 Å². The van der Waals surface area contributed by atoms with Gasteiger partial charge in [0, 0.05) is 54.2 Å². The highest BCUT2D eigenvalue weighted by Crippen LogP contribution is 2.16. The van der Waals surface area contributed by atoms with Crippen molar-refractivity contribution < 1.29 is 5.11 Å². The largest absolute Gasteiger partial charge is 0.395 e. The predicted molar refractivity (Wildman–Crippen MR) is 80.5 cm³/mol. The van der Waals surface area contributed by atoms with Crippen molar-refractivity contribution in [2.45, 2.75) is 13.0 Å². The van der Waals surface area contributed by atoms with E-state index in [1.54, 1.807) is 0 Å². The highest BCUT2D eigenvalue weighted by molar-refractivity contribution is 14.1. The van der Waals surface area contributed by atoms with Gasteiger partial charge in [0.2, 0.25) is 0 Å². The van der Waals surface area contributed by atoms with Crippen molar-refractivity contribution in [1.82, 2.24) is 8.85 Å². The van der Waals surface area contributed by atoms with E-state index in [1.165, 1.54) is 5.56 Å². The predicted octanol–water partition coefficient (Wildman–Crippen LogP) is 1.68. The summed E-state index contributed by atoms with van der Waals surface area (Å²) in [5.74, 6) is 0. The second-order valence-electron chi connectivity index (χ2n) is 3.85. The van der Waals surface area contributed by atoms with Gasteiger partial charge in [0.1, 0.15) is 0 Å². The van der Waals surface area contributed by atoms with Gasteiger partial charge < -0.3 is 15.7 Å². The first kappa shape index (κ1) is 14.7. The number of benzene rings is 1. The van der Waals surface area contributed by atoms with Gasteiger partial charge in [-0.25, -0.2) is 0 Å². The molecule has 0 spiro atoms. The lowest BCUT2D eigenvalue weighted by Crippen LogP contribution is -2.24. The minimum Gasteiger partial charge on any atom is -0.395 e. The van der Waals surface area contributed by atoms with Gasteiger partial charge in [-0.3, -0.25) is 3.53 Å². The average molecular weight is 349 g/mol. The Morgan fingerprint density at radius 2 is 1.88 bits per heavy atom. The number of rotatable bonds is 8. The minimum absolute atomic E-state index is 0.190. The van der Waals surface area contributed by atoms with Crippen LogP contribution in [0, 0.1) is 0 Å². The Morgan fingerprint density at radius 3 is 2.47 bits per heavy atom. The average Bonchev–Trinajstić information content (AvgIpc) is 2.38. The number of aliphatic hydroxyl groups is 1. The Morgan fingerprint density at radius 1 is 1.18 bits per heavy atom. The summed E-state index contributed by atoms with van der Waals surface area (Å²) in [6.07, 6.45) is 0. The van der Waals surface area contributed by atoms with Gasteiger partial charge in [-0.05, 0) is 24.6 Å². The van der Waals surface area contributed by atoms with Gasteiger partial charge in [0.05, 0.1) is 6.61 Å². The quantitative estimate of drug-likeness (QED) is 0.328. The standard InChI is InChI=1S/C12H20IN3O/c1-10(16-13)11-2-4-12(5-3-11)15-7-6-14-8-9-17/h2-5,10,14-17H,6-9H2,1H3. The number of hydrogen-bond acceptors (Lipinski definition) is 4. The fraction of sp³-hybridized carbons (Fsp3) is 0.500. The molecule has 0 aliphatic carbocycles. The van der Waals surface area contributed by atoms with E-state index >= 15 is 0 Å². The summed E-state index contributed by atoms with van der Waals surface area (Å²) in [5, 5.41) is 15.0. The molecule has 0 saturated heterocycles. The molecule has 4 nitrogen and oxygen atoms in total. The molecule has 1 unspecified atom stereocenters. The van der Waals surface area contributed by atoms with Gasteiger partial charge in [-0.1, -0.05) is 12.1 Å². The van der Waals surface area contributed by atoms with Crippen molar-refractivity contribution in [2.75, 3.05) is 31.6 Å². The van der Waals surface area contributed by atoms with E-state index in [-0.39, 0.29) is 6.61 Å². The molecule has 96 valence electrons. The Labute approximate surface area is 117 Å². The fourth-order valence-electron chi connectivity index (χ4n) is 1.45. The molecule has 1 rings (SSSR count). The Kier molecular flexibility index (Phi) is 7.50. The molecule has 0 fully saturated rings. The maximum atomic E-state index is 8.60. The van der Waals surface area contributed by atoms with Crippen LogP contribution >= 0.6 is 22.9 Å². The van der Waals surface area contributed by atoms with Crippen LogP contribution in [0.1, 0.15) is 18.5 Å². The van der Waals surface area contributed by atoms with Crippen LogP contribution < -0.4 is 14.2 Å². The maximum absolute atomic E-state index is 8.60. The van der Waals surface area contributed by atoms with Crippen LogP contribution in [0.15, 0.2) is 24.3 Å². The van der Waals surface area contributed by atoms with Gasteiger partial charge in [0.15, 0.2) is 0 Å². The molecule has 5 heteroatoms. The van der Waals surface area contributed by atoms with Crippen LogP contribution in [0.25, 0.3) is 0 Å². The molecule has 1 aromatic rings. The van der Waals surface area contributed by atoms with Crippen LogP contribution in [0.5, 0.6) is 0 Å². The highest BCUT2D eigenvalue weighted by atomic mass is 127. The molecule has 1 aromatic carbocycles. The van der Waals surface area contributed by atoms with Crippen molar-refractivity contribution in [3.63, 3.8) is 0 Å². The first-order chi connectivity index (χ1) is 8.27. The third-order valence-electron chi connectivity index (χ3n) is 2.49. The van der Waals surface area contributed by atoms with Gasteiger partial charge >= 0.3 is 0 Å². The molecular formula is C12H20IN3O. The van der Waals surface area contributed by atoms with Crippen molar-refractivity contribution >= 4 is 28.6 Å². The zero-order valence-electron chi connectivity index (χ0n) is 10.0. The molecular weight excluding hydrogens is 329 g/mol. The second kappa shape index (κ2) is 8.68. The lowest BCUT2D eigenvalue weighted by Gasteiger charge is -2.11. The van der Waals surface area contributed by atoms with Crippen LogP contribution in [0.3, 0.4) is 0 Å². The number of nitrogens with one attached hydrogen (secondary N) is 3. The SMILES string of the molecule is CC(NI)c1ccc(NCCNCCO)cc1. The van der Waals surface area contributed by atoms with Gasteiger partial charge in [-0.2, -0.15) is 0 Å². The molecule has 0 aliphatic heterocycles. The van der Waals surface area contributed by atoms with Crippen molar-refractivity contribution in [3.05, 3.63) is 29.8 Å². The smallest absolute Gasteiger partial charge is 0.0555 e. The molecule has 0 bridgehead atoms. The summed E-state index contributed by atoms with van der Waals surface area (Å²) in [7, 11) is 0. The maximum Gasteiger partial charge on any atom is 0.0555 e. The number of halogens is 1. The van der Waals surface area contributed by atoms with Crippen molar-refractivity contribution in [2.24, 2.45) is 0 Å². The normalized spacial score (nSPS) is 12.4. The molecule has 0 radical (unpaired) electrons. The molecule has 1 atom stereocenters. The monoisotopic (exact) mass is 349 g/mol. The van der Waals surface area contributed by atoms with Gasteiger partial charge in [0.25, 0.3) is 0 Å². The van der Waals surface area contributed by atoms with E-state index in [0.717, 1.165) is 18.8 Å². The Hall–Kier alpha value is -0.370. The molecule has 0 saturated carbocycles. The zero-order chi connectivity index (χ0) is 12.5. The van der Waals surface area contributed by atoms with E-state index < -0.39 is 0 Å². The van der Waals surface area contributed by atoms with Crippen LogP contribution in [-0.4, -0.2) is 31.3 Å². The summed E-state index contributed by atoms with van der Waals surface area (Å²) in [6.45, 7) is 4.69. The minimum atomic E-state index is 0.190. The first-order valence-corrected chi connectivity index (χ1v) is 6.87. The molecule has 0 aromatic heterocycles. The van der Waals surface area contributed by atoms with Crippen molar-refractivity contribution in [1.29, 1.82) is 0 Å². The lowest BCUT2D eigenvalue weighted by atomic mass is 10.1. The topological polar surface area (TPSA) is 56.3 Å². The van der Waals surface area contributed by atoms with Crippen LogP contribution in [-0.2, 0) is 0 Å². The second-order valence-corrected chi connectivity index (χ2v) is 4.48. The number of aliphatic hydroxyl groups excluding tert-OH is 1. The number of hydrogen-bond donors (Lipinski definition) is 4. The fourth-order valence-corrected chi connectivity index (χ4v) is 1.81. The van der Waals surface area contributed by atoms with Crippen LogP contribution in [0.2, 0.25) is 0 Å². The third kappa shape index (κ3) is 5.67. The summed E-state index contributed by atoms with van der Waals surface area (Å²) >= 11 is 2.17. The zero-order valence-corrected chi connectivity index (χ0v) is 12.2. The Balaban J connectivity index is 2.30. The first-order valence-electron chi connectivity index (χ1n) is 5.79.